The van der Waals surface area contributed by atoms with Gasteiger partial charge in [0.25, 0.3) is 0 Å². The second-order valence-electron chi connectivity index (χ2n) is 12.2. The molecule has 2 aliphatic heterocycles. The van der Waals surface area contributed by atoms with Gasteiger partial charge in [0, 0.05) is 11.3 Å². The van der Waals surface area contributed by atoms with E-state index in [0.29, 0.717) is 0 Å². The summed E-state index contributed by atoms with van der Waals surface area (Å²) in [4.78, 5) is 5.10. The molecule has 0 radical (unpaired) electrons. The van der Waals surface area contributed by atoms with Gasteiger partial charge in [0.2, 0.25) is 0 Å². The summed E-state index contributed by atoms with van der Waals surface area (Å²) in [5.74, 6) is 0.878. The fourth-order valence-corrected chi connectivity index (χ4v) is 6.60. The van der Waals surface area contributed by atoms with Gasteiger partial charge in [0.05, 0.1) is 6.04 Å². The first-order valence-corrected chi connectivity index (χ1v) is 16.5. The van der Waals surface area contributed by atoms with Crippen LogP contribution in [0.1, 0.15) is 57.9 Å². The van der Waals surface area contributed by atoms with Crippen LogP contribution >= 0.6 is 0 Å². The molecule has 234 valence electrons. The largest absolute Gasteiger partial charge is 0.366 e. The van der Waals surface area contributed by atoms with Gasteiger partial charge < -0.3 is 10.6 Å². The number of nitrogens with zero attached hydrogens (tertiary/aromatic N) is 1. The summed E-state index contributed by atoms with van der Waals surface area (Å²) in [7, 11) is 0. The second-order valence-corrected chi connectivity index (χ2v) is 12.2. The third kappa shape index (κ3) is 6.29. The van der Waals surface area contributed by atoms with Crippen LogP contribution in [-0.4, -0.2) is 5.84 Å². The van der Waals surface area contributed by atoms with Gasteiger partial charge in [-0.05, 0) is 45.0 Å². The zero-order chi connectivity index (χ0) is 32.1. The molecule has 48 heavy (non-hydrogen) atoms. The molecule has 0 saturated heterocycles. The highest BCUT2D eigenvalue weighted by Gasteiger charge is 2.28. The van der Waals surface area contributed by atoms with E-state index in [1.165, 1.54) is 27.8 Å². The molecule has 2 aliphatic rings. The quantitative estimate of drug-likeness (QED) is 0.144. The van der Waals surface area contributed by atoms with Crippen molar-refractivity contribution in [3.63, 3.8) is 0 Å². The molecule has 5 nitrogen and oxygen atoms in total. The molecule has 0 saturated carbocycles. The molecule has 0 amide bonds. The minimum atomic E-state index is -0.184. The summed E-state index contributed by atoms with van der Waals surface area (Å²) in [6, 6.07) is 59.6. The van der Waals surface area contributed by atoms with Crippen LogP contribution in [0.5, 0.6) is 0 Å². The van der Waals surface area contributed by atoms with Crippen LogP contribution in [0, 0.1) is 0 Å². The number of hydrogen-bond donors (Lipinski definition) is 4. The average molecular weight is 624 g/mol. The Balaban J connectivity index is 1.10. The summed E-state index contributed by atoms with van der Waals surface area (Å²) in [5.41, 5.74) is 10.4. The Kier molecular flexibility index (Phi) is 8.36. The van der Waals surface area contributed by atoms with E-state index in [0.717, 1.165) is 28.2 Å². The lowest BCUT2D eigenvalue weighted by Crippen LogP contribution is -2.45. The van der Waals surface area contributed by atoms with E-state index in [2.05, 4.69) is 185 Å². The van der Waals surface area contributed by atoms with Crippen LogP contribution in [0.3, 0.4) is 0 Å². The van der Waals surface area contributed by atoms with Crippen LogP contribution < -0.4 is 21.3 Å². The molecule has 2 heterocycles. The maximum atomic E-state index is 5.10. The Morgan fingerprint density at radius 1 is 0.417 bits per heavy atom. The van der Waals surface area contributed by atoms with Gasteiger partial charge in [0.1, 0.15) is 24.3 Å². The summed E-state index contributed by atoms with van der Waals surface area (Å²) >= 11 is 0. The monoisotopic (exact) mass is 623 g/mol. The van der Waals surface area contributed by atoms with E-state index < -0.39 is 0 Å². The fraction of sp³-hybridized carbons (Fsp3) is 0.0930. The summed E-state index contributed by atoms with van der Waals surface area (Å²) < 4.78 is 0. The molecule has 4 atom stereocenters. The van der Waals surface area contributed by atoms with E-state index in [1.807, 2.05) is 12.1 Å². The maximum absolute atomic E-state index is 5.10. The van der Waals surface area contributed by atoms with Crippen molar-refractivity contribution in [3.8, 4) is 11.1 Å². The molecule has 4 N–H and O–H groups in total. The van der Waals surface area contributed by atoms with Gasteiger partial charge in [-0.25, -0.2) is 4.99 Å². The van der Waals surface area contributed by atoms with Crippen molar-refractivity contribution in [1.29, 1.82) is 0 Å². The molecule has 6 aromatic carbocycles. The van der Waals surface area contributed by atoms with Crippen molar-refractivity contribution in [3.05, 3.63) is 209 Å². The van der Waals surface area contributed by atoms with Crippen molar-refractivity contribution < 1.29 is 0 Å². The molecule has 4 unspecified atom stereocenters. The molecular weight excluding hydrogens is 587 g/mol. The summed E-state index contributed by atoms with van der Waals surface area (Å²) in [5, 5.41) is 15.1. The third-order valence-electron chi connectivity index (χ3n) is 9.08. The van der Waals surface area contributed by atoms with Crippen LogP contribution in [0.4, 0.5) is 0 Å². The first-order chi connectivity index (χ1) is 23.8. The lowest BCUT2D eigenvalue weighted by molar-refractivity contribution is 0.409. The van der Waals surface area contributed by atoms with E-state index in [9.17, 15) is 0 Å². The number of rotatable bonds is 7. The minimum absolute atomic E-state index is 0.0577. The van der Waals surface area contributed by atoms with Gasteiger partial charge in [-0.1, -0.05) is 170 Å². The summed E-state index contributed by atoms with van der Waals surface area (Å²) in [6.45, 7) is 0. The molecular formula is C43H37N5. The van der Waals surface area contributed by atoms with Crippen molar-refractivity contribution in [1.82, 2.24) is 21.3 Å². The second kappa shape index (κ2) is 13.5. The molecule has 5 heteroatoms. The van der Waals surface area contributed by atoms with Gasteiger partial charge in [-0.2, -0.15) is 0 Å². The molecule has 0 aromatic heterocycles. The van der Waals surface area contributed by atoms with E-state index in [4.69, 9.17) is 4.99 Å². The lowest BCUT2D eigenvalue weighted by atomic mass is 9.94. The highest BCUT2D eigenvalue weighted by atomic mass is 15.3. The van der Waals surface area contributed by atoms with Crippen LogP contribution in [0.2, 0.25) is 0 Å². The van der Waals surface area contributed by atoms with Gasteiger partial charge in [0.15, 0.2) is 0 Å². The standard InChI is InChI=1S/C43H37N5/c1-5-15-31(16-6-1)38-29-39(32-17-7-2-8-18-32)45-40(44-38)35-27-25-30(26-28-35)36-23-13-14-24-37(36)43-47-41(33-19-9-3-10-20-33)46-42(48-43)34-21-11-4-12-22-34/h1-29,38,40-41,43-45,47H,(H,46,48). The van der Waals surface area contributed by atoms with E-state index in [-0.39, 0.29) is 24.5 Å². The Hall–Kier alpha value is -5.75. The number of amidine groups is 1. The smallest absolute Gasteiger partial charge is 0.131 e. The lowest BCUT2D eigenvalue weighted by Gasteiger charge is -2.34. The first-order valence-electron chi connectivity index (χ1n) is 16.5. The minimum Gasteiger partial charge on any atom is -0.366 e. The van der Waals surface area contributed by atoms with E-state index >= 15 is 0 Å². The van der Waals surface area contributed by atoms with Crippen molar-refractivity contribution in [2.24, 2.45) is 4.99 Å². The topological polar surface area (TPSA) is 60.5 Å². The Morgan fingerprint density at radius 2 is 1.00 bits per heavy atom. The van der Waals surface area contributed by atoms with Crippen molar-refractivity contribution in [2.45, 2.75) is 24.5 Å². The summed E-state index contributed by atoms with van der Waals surface area (Å²) in [6.07, 6.45) is 1.89. The molecule has 0 fully saturated rings. The third-order valence-corrected chi connectivity index (χ3v) is 9.08. The Labute approximate surface area is 282 Å². The maximum Gasteiger partial charge on any atom is 0.131 e. The van der Waals surface area contributed by atoms with Crippen LogP contribution in [0.25, 0.3) is 16.8 Å². The Bertz CT molecular complexity index is 2020. The fourth-order valence-electron chi connectivity index (χ4n) is 6.60. The van der Waals surface area contributed by atoms with Gasteiger partial charge in [-0.15, -0.1) is 0 Å². The predicted molar refractivity (Wildman–Crippen MR) is 196 cm³/mol. The normalized spacial score (nSPS) is 20.5. The molecule has 6 aromatic rings. The number of benzene rings is 6. The van der Waals surface area contributed by atoms with Gasteiger partial charge >= 0.3 is 0 Å². The van der Waals surface area contributed by atoms with Crippen LogP contribution in [0.15, 0.2) is 181 Å². The van der Waals surface area contributed by atoms with Crippen molar-refractivity contribution in [2.75, 3.05) is 0 Å². The van der Waals surface area contributed by atoms with Gasteiger partial charge in [-0.3, -0.25) is 10.6 Å². The molecule has 8 rings (SSSR count). The first kappa shape index (κ1) is 29.6. The predicted octanol–water partition coefficient (Wildman–Crippen LogP) is 8.66. The zero-order valence-electron chi connectivity index (χ0n) is 26.5. The zero-order valence-corrected chi connectivity index (χ0v) is 26.5. The number of aliphatic imine (C=N–C) groups is 1. The number of hydrogen-bond acceptors (Lipinski definition) is 5. The number of nitrogens with one attached hydrogen (secondary N) is 4. The highest BCUT2D eigenvalue weighted by Crippen LogP contribution is 2.34. The van der Waals surface area contributed by atoms with E-state index in [1.54, 1.807) is 0 Å². The van der Waals surface area contributed by atoms with Crippen LogP contribution in [-0.2, 0) is 0 Å². The highest BCUT2D eigenvalue weighted by molar-refractivity contribution is 5.99. The Morgan fingerprint density at radius 3 is 1.69 bits per heavy atom. The molecule has 0 bridgehead atoms. The van der Waals surface area contributed by atoms with Crippen molar-refractivity contribution >= 4 is 11.5 Å². The molecule has 0 spiro atoms. The molecule has 0 aliphatic carbocycles. The SMILES string of the molecule is C1=C(c2ccccc2)NC(c2ccc(-c3ccccc3C3NC(c4ccccc4)=NC(c4ccccc4)N3)cc2)NC1c1ccccc1. The average Bonchev–Trinajstić information content (AvgIpc) is 3.19.